The minimum Gasteiger partial charge on any atom is -0.349 e. The maximum absolute atomic E-state index is 11.5. The second-order valence-electron chi connectivity index (χ2n) is 4.25. The molecular weight excluding hydrogens is 266 g/mol. The zero-order valence-corrected chi connectivity index (χ0v) is 12.0. The van der Waals surface area contributed by atoms with Crippen molar-refractivity contribution in [1.29, 1.82) is 0 Å². The van der Waals surface area contributed by atoms with Gasteiger partial charge in [0, 0.05) is 32.7 Å². The Morgan fingerprint density at radius 2 is 1.79 bits per heavy atom. The quantitative estimate of drug-likeness (QED) is 0.848. The number of carbonyl (C=O) groups is 2. The minimum absolute atomic E-state index is 0. The van der Waals surface area contributed by atoms with Gasteiger partial charge in [-0.25, -0.2) is 0 Å². The molecule has 0 fully saturated rings. The lowest BCUT2D eigenvalue weighted by molar-refractivity contribution is -0.128. The third kappa shape index (κ3) is 6.22. The number of nitrogens with two attached hydrogens (primary N) is 1. The lowest BCUT2D eigenvalue weighted by Gasteiger charge is -2.10. The standard InChI is InChI=1S/C13H19N3O2.ClH/c1-16(2)13(18)9-10-3-5-11(6-4-10)15-12(17)7-8-14;/h3-6H,7-9,14H2,1-2H3,(H,15,17);1H. The normalized spacial score (nSPS) is 9.42. The molecule has 0 aromatic heterocycles. The van der Waals surface area contributed by atoms with Crippen LogP contribution < -0.4 is 11.1 Å². The van der Waals surface area contributed by atoms with Crippen LogP contribution in [0, 0.1) is 0 Å². The van der Waals surface area contributed by atoms with Crippen LogP contribution in [-0.2, 0) is 16.0 Å². The summed E-state index contributed by atoms with van der Waals surface area (Å²) in [6, 6.07) is 7.23. The molecule has 0 spiro atoms. The molecule has 19 heavy (non-hydrogen) atoms. The highest BCUT2D eigenvalue weighted by molar-refractivity contribution is 5.90. The van der Waals surface area contributed by atoms with Crippen molar-refractivity contribution in [1.82, 2.24) is 4.90 Å². The number of benzene rings is 1. The smallest absolute Gasteiger partial charge is 0.226 e. The van der Waals surface area contributed by atoms with Crippen molar-refractivity contribution in [2.45, 2.75) is 12.8 Å². The summed E-state index contributed by atoms with van der Waals surface area (Å²) in [5.41, 5.74) is 6.93. The maximum Gasteiger partial charge on any atom is 0.226 e. The number of rotatable bonds is 5. The van der Waals surface area contributed by atoms with E-state index in [9.17, 15) is 9.59 Å². The van der Waals surface area contributed by atoms with E-state index in [1.165, 1.54) is 0 Å². The summed E-state index contributed by atoms with van der Waals surface area (Å²) in [7, 11) is 3.45. The Morgan fingerprint density at radius 1 is 1.21 bits per heavy atom. The fraction of sp³-hybridized carbons (Fsp3) is 0.385. The van der Waals surface area contributed by atoms with Crippen LogP contribution in [0.15, 0.2) is 24.3 Å². The molecule has 1 rings (SSSR count). The van der Waals surface area contributed by atoms with E-state index in [4.69, 9.17) is 5.73 Å². The molecule has 106 valence electrons. The highest BCUT2D eigenvalue weighted by Gasteiger charge is 2.06. The molecule has 1 aromatic rings. The van der Waals surface area contributed by atoms with E-state index >= 15 is 0 Å². The second kappa shape index (κ2) is 8.50. The van der Waals surface area contributed by atoms with E-state index in [2.05, 4.69) is 5.32 Å². The molecule has 0 saturated heterocycles. The molecule has 0 atom stereocenters. The van der Waals surface area contributed by atoms with Crippen LogP contribution in [0.2, 0.25) is 0 Å². The summed E-state index contributed by atoms with van der Waals surface area (Å²) in [5.74, 6) is -0.0514. The Balaban J connectivity index is 0.00000324. The van der Waals surface area contributed by atoms with Crippen molar-refractivity contribution in [2.75, 3.05) is 26.0 Å². The first-order valence-electron chi connectivity index (χ1n) is 5.82. The van der Waals surface area contributed by atoms with Crippen molar-refractivity contribution >= 4 is 29.9 Å². The summed E-state index contributed by atoms with van der Waals surface area (Å²) >= 11 is 0. The zero-order chi connectivity index (χ0) is 13.5. The van der Waals surface area contributed by atoms with Gasteiger partial charge in [0.05, 0.1) is 6.42 Å². The van der Waals surface area contributed by atoms with Crippen molar-refractivity contribution in [2.24, 2.45) is 5.73 Å². The van der Waals surface area contributed by atoms with Crippen LogP contribution >= 0.6 is 12.4 Å². The Bertz CT molecular complexity index is 418. The monoisotopic (exact) mass is 285 g/mol. The van der Waals surface area contributed by atoms with Crippen molar-refractivity contribution in [3.05, 3.63) is 29.8 Å². The number of amides is 2. The van der Waals surface area contributed by atoms with Crippen LogP contribution in [0.25, 0.3) is 0 Å². The van der Waals surface area contributed by atoms with Crippen LogP contribution in [0.3, 0.4) is 0 Å². The molecular formula is C13H20ClN3O2. The number of likely N-dealkylation sites (N-methyl/N-ethyl adjacent to an activating group) is 1. The van der Waals surface area contributed by atoms with E-state index in [0.29, 0.717) is 19.4 Å². The number of hydrogen-bond donors (Lipinski definition) is 2. The van der Waals surface area contributed by atoms with Gasteiger partial charge in [-0.05, 0) is 17.7 Å². The summed E-state index contributed by atoms with van der Waals surface area (Å²) < 4.78 is 0. The molecule has 0 aliphatic heterocycles. The number of halogens is 1. The average molecular weight is 286 g/mol. The number of nitrogens with one attached hydrogen (secondary N) is 1. The fourth-order valence-corrected chi connectivity index (χ4v) is 1.39. The predicted molar refractivity (Wildman–Crippen MR) is 78.4 cm³/mol. The largest absolute Gasteiger partial charge is 0.349 e. The van der Waals surface area contributed by atoms with Crippen molar-refractivity contribution < 1.29 is 9.59 Å². The number of anilines is 1. The molecule has 0 unspecified atom stereocenters. The van der Waals surface area contributed by atoms with Gasteiger partial charge < -0.3 is 16.0 Å². The molecule has 5 nitrogen and oxygen atoms in total. The lowest BCUT2D eigenvalue weighted by Crippen LogP contribution is -2.23. The van der Waals surface area contributed by atoms with Gasteiger partial charge in [-0.1, -0.05) is 12.1 Å². The maximum atomic E-state index is 11.5. The second-order valence-corrected chi connectivity index (χ2v) is 4.25. The van der Waals surface area contributed by atoms with E-state index in [1.807, 2.05) is 12.1 Å². The predicted octanol–water partition coefficient (Wildman–Crippen LogP) is 1.03. The first kappa shape index (κ1) is 17.4. The van der Waals surface area contributed by atoms with Crippen LogP contribution in [-0.4, -0.2) is 37.4 Å². The third-order valence-corrected chi connectivity index (χ3v) is 2.46. The molecule has 0 aliphatic rings. The molecule has 0 heterocycles. The molecule has 0 aliphatic carbocycles. The average Bonchev–Trinajstić information content (AvgIpc) is 2.31. The lowest BCUT2D eigenvalue weighted by atomic mass is 10.1. The fourth-order valence-electron chi connectivity index (χ4n) is 1.39. The highest BCUT2D eigenvalue weighted by Crippen LogP contribution is 2.10. The molecule has 1 aromatic carbocycles. The van der Waals surface area contributed by atoms with Crippen molar-refractivity contribution in [3.8, 4) is 0 Å². The van der Waals surface area contributed by atoms with Gasteiger partial charge in [0.2, 0.25) is 11.8 Å². The SMILES string of the molecule is CN(C)C(=O)Cc1ccc(NC(=O)CCN)cc1.Cl. The summed E-state index contributed by atoms with van der Waals surface area (Å²) in [4.78, 5) is 24.4. The van der Waals surface area contributed by atoms with E-state index in [0.717, 1.165) is 11.3 Å². The Labute approximate surface area is 119 Å². The summed E-state index contributed by atoms with van der Waals surface area (Å²) in [5, 5.41) is 2.73. The number of carbonyl (C=O) groups excluding carboxylic acids is 2. The first-order valence-corrected chi connectivity index (χ1v) is 5.82. The first-order chi connectivity index (χ1) is 8.52. The van der Waals surface area contributed by atoms with Gasteiger partial charge in [-0.3, -0.25) is 9.59 Å². The van der Waals surface area contributed by atoms with E-state index in [1.54, 1.807) is 31.1 Å². The Kier molecular flexibility index (Phi) is 7.79. The van der Waals surface area contributed by atoms with Gasteiger partial charge >= 0.3 is 0 Å². The Morgan fingerprint density at radius 3 is 2.26 bits per heavy atom. The molecule has 0 bridgehead atoms. The molecule has 2 amide bonds. The van der Waals surface area contributed by atoms with Crippen LogP contribution in [0.4, 0.5) is 5.69 Å². The zero-order valence-electron chi connectivity index (χ0n) is 11.2. The van der Waals surface area contributed by atoms with Crippen LogP contribution in [0.5, 0.6) is 0 Å². The Hall–Kier alpha value is -1.59. The van der Waals surface area contributed by atoms with Gasteiger partial charge in [-0.2, -0.15) is 0 Å². The van der Waals surface area contributed by atoms with Crippen molar-refractivity contribution in [3.63, 3.8) is 0 Å². The molecule has 0 saturated carbocycles. The highest BCUT2D eigenvalue weighted by atomic mass is 35.5. The van der Waals surface area contributed by atoms with E-state index < -0.39 is 0 Å². The van der Waals surface area contributed by atoms with Gasteiger partial charge in [0.25, 0.3) is 0 Å². The molecule has 0 radical (unpaired) electrons. The minimum atomic E-state index is -0.102. The topological polar surface area (TPSA) is 75.4 Å². The molecule has 6 heteroatoms. The van der Waals surface area contributed by atoms with Gasteiger partial charge in [0.15, 0.2) is 0 Å². The number of nitrogens with zero attached hydrogens (tertiary/aromatic N) is 1. The van der Waals surface area contributed by atoms with E-state index in [-0.39, 0.29) is 24.2 Å². The van der Waals surface area contributed by atoms with Gasteiger partial charge in [-0.15, -0.1) is 12.4 Å². The summed E-state index contributed by atoms with van der Waals surface area (Å²) in [6.45, 7) is 0.335. The molecule has 3 N–H and O–H groups in total. The van der Waals surface area contributed by atoms with Gasteiger partial charge in [0.1, 0.15) is 0 Å². The number of hydrogen-bond acceptors (Lipinski definition) is 3. The third-order valence-electron chi connectivity index (χ3n) is 2.46. The summed E-state index contributed by atoms with van der Waals surface area (Å²) in [6.07, 6.45) is 0.672. The van der Waals surface area contributed by atoms with Crippen LogP contribution in [0.1, 0.15) is 12.0 Å².